The molecular weight excluding hydrogens is 236 g/mol. The molecular formula is C16H32N2O. The summed E-state index contributed by atoms with van der Waals surface area (Å²) < 4.78 is 0. The van der Waals surface area contributed by atoms with Crippen molar-refractivity contribution in [3.63, 3.8) is 0 Å². The molecule has 0 aromatic heterocycles. The van der Waals surface area contributed by atoms with E-state index in [1.165, 1.54) is 38.8 Å². The summed E-state index contributed by atoms with van der Waals surface area (Å²) in [5.41, 5.74) is 0.0101. The first-order valence-electron chi connectivity index (χ1n) is 8.33. The van der Waals surface area contributed by atoms with Gasteiger partial charge in [0.2, 0.25) is 0 Å². The summed E-state index contributed by atoms with van der Waals surface area (Å²) in [6, 6.07) is 0.692. The van der Waals surface area contributed by atoms with E-state index in [-0.39, 0.29) is 5.54 Å². The van der Waals surface area contributed by atoms with Crippen LogP contribution in [0.25, 0.3) is 0 Å². The van der Waals surface area contributed by atoms with E-state index in [1.54, 1.807) is 0 Å². The van der Waals surface area contributed by atoms with Crippen molar-refractivity contribution in [3.8, 4) is 0 Å². The number of aliphatic hydroxyl groups is 1. The highest BCUT2D eigenvalue weighted by Crippen LogP contribution is 2.36. The normalized spacial score (nSPS) is 31.3. The van der Waals surface area contributed by atoms with E-state index in [0.29, 0.717) is 12.6 Å². The molecule has 2 atom stereocenters. The largest absolute Gasteiger partial charge is 0.394 e. The highest BCUT2D eigenvalue weighted by Gasteiger charge is 2.41. The molecule has 0 amide bonds. The Kier molecular flexibility index (Phi) is 5.67. The Hall–Kier alpha value is -0.120. The lowest BCUT2D eigenvalue weighted by Gasteiger charge is -2.32. The van der Waals surface area contributed by atoms with Crippen LogP contribution in [0.5, 0.6) is 0 Å². The van der Waals surface area contributed by atoms with Crippen LogP contribution < -0.4 is 5.32 Å². The molecule has 0 bridgehead atoms. The van der Waals surface area contributed by atoms with Crippen molar-refractivity contribution in [2.45, 2.75) is 70.4 Å². The number of nitrogens with zero attached hydrogens (tertiary/aromatic N) is 1. The van der Waals surface area contributed by atoms with Crippen LogP contribution in [0.4, 0.5) is 0 Å². The number of hydrogen-bond acceptors (Lipinski definition) is 3. The second kappa shape index (κ2) is 7.05. The summed E-state index contributed by atoms with van der Waals surface area (Å²) in [4.78, 5) is 2.71. The molecule has 2 aliphatic carbocycles. The Balaban J connectivity index is 1.89. The molecule has 0 saturated heterocycles. The van der Waals surface area contributed by atoms with Crippen LogP contribution in [0.2, 0.25) is 0 Å². The summed E-state index contributed by atoms with van der Waals surface area (Å²) in [5, 5.41) is 13.4. The molecule has 2 unspecified atom stereocenters. The van der Waals surface area contributed by atoms with Gasteiger partial charge in [0.1, 0.15) is 0 Å². The summed E-state index contributed by atoms with van der Waals surface area (Å²) >= 11 is 0. The van der Waals surface area contributed by atoms with Gasteiger partial charge in [0, 0.05) is 18.1 Å². The van der Waals surface area contributed by atoms with Crippen molar-refractivity contribution in [2.75, 3.05) is 26.2 Å². The summed E-state index contributed by atoms with van der Waals surface area (Å²) in [7, 11) is 0. The topological polar surface area (TPSA) is 35.5 Å². The number of rotatable bonds is 9. The molecule has 19 heavy (non-hydrogen) atoms. The zero-order valence-electron chi connectivity index (χ0n) is 12.8. The van der Waals surface area contributed by atoms with E-state index in [0.717, 1.165) is 31.7 Å². The van der Waals surface area contributed by atoms with E-state index in [9.17, 15) is 5.11 Å². The van der Waals surface area contributed by atoms with Crippen molar-refractivity contribution < 1.29 is 5.11 Å². The van der Waals surface area contributed by atoms with Crippen LogP contribution in [0.3, 0.4) is 0 Å². The van der Waals surface area contributed by atoms with E-state index in [1.807, 2.05) is 0 Å². The molecule has 2 N–H and O–H groups in total. The first-order valence-corrected chi connectivity index (χ1v) is 8.33. The average molecular weight is 268 g/mol. The number of nitrogens with one attached hydrogen (secondary N) is 1. The molecule has 0 spiro atoms. The third-order valence-electron chi connectivity index (χ3n) is 4.85. The van der Waals surface area contributed by atoms with Gasteiger partial charge in [-0.05, 0) is 64.0 Å². The molecule has 0 aromatic carbocycles. The minimum Gasteiger partial charge on any atom is -0.394 e. The molecule has 2 fully saturated rings. The third kappa shape index (κ3) is 4.17. The molecule has 0 aliphatic heterocycles. The Morgan fingerprint density at radius 1 is 1.21 bits per heavy atom. The standard InChI is InChI=1S/C16H32N2O/c1-3-9-17-16(13-19)8-7-15(11-16)18(10-4-2)12-14-5-6-14/h14-15,17,19H,3-13H2,1-2H3. The summed E-state index contributed by atoms with van der Waals surface area (Å²) in [6.45, 7) is 8.34. The van der Waals surface area contributed by atoms with Gasteiger partial charge in [-0.2, -0.15) is 0 Å². The van der Waals surface area contributed by atoms with E-state index in [2.05, 4.69) is 24.1 Å². The SMILES string of the molecule is CCCNC1(CO)CCC(N(CCC)CC2CC2)C1. The van der Waals surface area contributed by atoms with Crippen molar-refractivity contribution in [3.05, 3.63) is 0 Å². The zero-order chi connectivity index (χ0) is 13.7. The van der Waals surface area contributed by atoms with Gasteiger partial charge in [-0.1, -0.05) is 13.8 Å². The number of hydrogen-bond donors (Lipinski definition) is 2. The minimum atomic E-state index is 0.0101. The smallest absolute Gasteiger partial charge is 0.0613 e. The van der Waals surface area contributed by atoms with Gasteiger partial charge in [0.25, 0.3) is 0 Å². The maximum Gasteiger partial charge on any atom is 0.0613 e. The molecule has 0 radical (unpaired) electrons. The van der Waals surface area contributed by atoms with Crippen molar-refractivity contribution in [1.29, 1.82) is 0 Å². The van der Waals surface area contributed by atoms with Gasteiger partial charge in [0.05, 0.1) is 6.61 Å². The third-order valence-corrected chi connectivity index (χ3v) is 4.85. The van der Waals surface area contributed by atoms with Gasteiger partial charge in [-0.15, -0.1) is 0 Å². The van der Waals surface area contributed by atoms with Gasteiger partial charge in [-0.25, -0.2) is 0 Å². The van der Waals surface area contributed by atoms with Crippen molar-refractivity contribution in [2.24, 2.45) is 5.92 Å². The van der Waals surface area contributed by atoms with Gasteiger partial charge >= 0.3 is 0 Å². The quantitative estimate of drug-likeness (QED) is 0.674. The maximum atomic E-state index is 9.79. The Morgan fingerprint density at radius 3 is 2.58 bits per heavy atom. The highest BCUT2D eigenvalue weighted by atomic mass is 16.3. The molecule has 2 saturated carbocycles. The fourth-order valence-corrected chi connectivity index (χ4v) is 3.50. The Morgan fingerprint density at radius 2 is 2.00 bits per heavy atom. The van der Waals surface area contributed by atoms with Crippen LogP contribution in [0, 0.1) is 5.92 Å². The summed E-state index contributed by atoms with van der Waals surface area (Å²) in [5.74, 6) is 0.972. The lowest BCUT2D eigenvalue weighted by molar-refractivity contribution is 0.139. The minimum absolute atomic E-state index is 0.0101. The molecule has 112 valence electrons. The predicted octanol–water partition coefficient (Wildman–Crippen LogP) is 2.39. The van der Waals surface area contributed by atoms with Crippen LogP contribution in [-0.4, -0.2) is 47.8 Å². The Labute approximate surface area is 118 Å². The molecule has 0 heterocycles. The molecule has 2 aliphatic rings. The van der Waals surface area contributed by atoms with E-state index < -0.39 is 0 Å². The lowest BCUT2D eigenvalue weighted by atomic mass is 9.98. The summed E-state index contributed by atoms with van der Waals surface area (Å²) in [6.07, 6.45) is 8.79. The maximum absolute atomic E-state index is 9.79. The second-order valence-electron chi connectivity index (χ2n) is 6.70. The van der Waals surface area contributed by atoms with Crippen molar-refractivity contribution in [1.82, 2.24) is 10.2 Å². The van der Waals surface area contributed by atoms with Gasteiger partial charge in [-0.3, -0.25) is 0 Å². The average Bonchev–Trinajstić information content (AvgIpc) is 3.14. The van der Waals surface area contributed by atoms with Crippen LogP contribution in [-0.2, 0) is 0 Å². The highest BCUT2D eigenvalue weighted by molar-refractivity contribution is 5.00. The fraction of sp³-hybridized carbons (Fsp3) is 1.00. The van der Waals surface area contributed by atoms with Crippen LogP contribution in [0.15, 0.2) is 0 Å². The molecule has 3 heteroatoms. The lowest BCUT2D eigenvalue weighted by Crippen LogP contribution is -2.48. The van der Waals surface area contributed by atoms with Crippen LogP contribution >= 0.6 is 0 Å². The van der Waals surface area contributed by atoms with Crippen molar-refractivity contribution >= 4 is 0 Å². The van der Waals surface area contributed by atoms with Gasteiger partial charge in [0.15, 0.2) is 0 Å². The molecule has 3 nitrogen and oxygen atoms in total. The fourth-order valence-electron chi connectivity index (χ4n) is 3.50. The first-order chi connectivity index (χ1) is 9.23. The predicted molar refractivity (Wildman–Crippen MR) is 80.3 cm³/mol. The number of aliphatic hydroxyl groups excluding tert-OH is 1. The van der Waals surface area contributed by atoms with E-state index >= 15 is 0 Å². The second-order valence-corrected chi connectivity index (χ2v) is 6.70. The van der Waals surface area contributed by atoms with Gasteiger partial charge < -0.3 is 15.3 Å². The monoisotopic (exact) mass is 268 g/mol. The van der Waals surface area contributed by atoms with Crippen LogP contribution in [0.1, 0.15) is 58.8 Å². The molecule has 2 rings (SSSR count). The van der Waals surface area contributed by atoms with E-state index in [4.69, 9.17) is 0 Å². The first kappa shape index (κ1) is 15.3. The molecule has 0 aromatic rings. The zero-order valence-corrected chi connectivity index (χ0v) is 12.8. The Bertz CT molecular complexity index is 267.